The van der Waals surface area contributed by atoms with Gasteiger partial charge in [0, 0.05) is 11.4 Å². The largest absolute Gasteiger partial charge is 0.291 e. The van der Waals surface area contributed by atoms with Gasteiger partial charge in [-0.1, -0.05) is 18.2 Å². The third-order valence-corrected chi connectivity index (χ3v) is 2.85. The smallest absolute Gasteiger partial charge is 0.182 e. The topological polar surface area (TPSA) is 17.8 Å². The highest BCUT2D eigenvalue weighted by Crippen LogP contribution is 2.20. The molecule has 0 radical (unpaired) electrons. The lowest BCUT2D eigenvalue weighted by molar-refractivity contribution is 0.970. The number of para-hydroxylation sites is 1. The van der Waals surface area contributed by atoms with Crippen molar-refractivity contribution in [1.82, 2.24) is 9.55 Å². The molecular formula is C11H11BrN2. The molecule has 1 aromatic heterocycles. The van der Waals surface area contributed by atoms with Crippen LogP contribution in [0, 0.1) is 13.8 Å². The van der Waals surface area contributed by atoms with E-state index in [0.29, 0.717) is 0 Å². The van der Waals surface area contributed by atoms with Crippen LogP contribution in [0.2, 0.25) is 0 Å². The molecule has 0 amide bonds. The molecule has 1 aromatic carbocycles. The number of rotatable bonds is 1. The Labute approximate surface area is 91.7 Å². The zero-order chi connectivity index (χ0) is 10.1. The zero-order valence-corrected chi connectivity index (χ0v) is 9.75. The molecule has 0 fully saturated rings. The average Bonchev–Trinajstić information content (AvgIpc) is 2.43. The van der Waals surface area contributed by atoms with Gasteiger partial charge in [-0.2, -0.15) is 0 Å². The number of hydrogen-bond donors (Lipinski definition) is 0. The predicted molar refractivity (Wildman–Crippen MR) is 60.7 cm³/mol. The van der Waals surface area contributed by atoms with Crippen LogP contribution in [-0.4, -0.2) is 9.55 Å². The van der Waals surface area contributed by atoms with Crippen LogP contribution in [0.3, 0.4) is 0 Å². The molecule has 0 aliphatic heterocycles. The van der Waals surface area contributed by atoms with Gasteiger partial charge in [0.25, 0.3) is 0 Å². The van der Waals surface area contributed by atoms with Crippen LogP contribution in [0.5, 0.6) is 0 Å². The minimum atomic E-state index is 0.860. The molecule has 0 unspecified atom stereocenters. The van der Waals surface area contributed by atoms with Crippen molar-refractivity contribution in [3.8, 4) is 5.69 Å². The fourth-order valence-corrected chi connectivity index (χ4v) is 2.18. The number of aryl methyl sites for hydroxylation is 1. The molecular weight excluding hydrogens is 240 g/mol. The summed E-state index contributed by atoms with van der Waals surface area (Å²) in [5, 5.41) is 0. The fraction of sp³-hybridized carbons (Fsp3) is 0.182. The summed E-state index contributed by atoms with van der Waals surface area (Å²) >= 11 is 3.46. The minimum Gasteiger partial charge on any atom is -0.291 e. The molecule has 2 rings (SSSR count). The summed E-state index contributed by atoms with van der Waals surface area (Å²) in [5.41, 5.74) is 3.36. The van der Waals surface area contributed by atoms with Crippen molar-refractivity contribution in [2.45, 2.75) is 13.8 Å². The SMILES string of the molecule is Cc1nc(Br)n(-c2ccccc2)c1C. The number of hydrogen-bond acceptors (Lipinski definition) is 1. The lowest BCUT2D eigenvalue weighted by atomic mass is 10.3. The van der Waals surface area contributed by atoms with Crippen LogP contribution in [-0.2, 0) is 0 Å². The van der Waals surface area contributed by atoms with Crippen molar-refractivity contribution in [2.24, 2.45) is 0 Å². The van der Waals surface area contributed by atoms with Crippen molar-refractivity contribution in [2.75, 3.05) is 0 Å². The van der Waals surface area contributed by atoms with E-state index in [4.69, 9.17) is 0 Å². The number of nitrogens with zero attached hydrogens (tertiary/aromatic N) is 2. The molecule has 0 aliphatic rings. The summed E-state index contributed by atoms with van der Waals surface area (Å²) in [4.78, 5) is 4.37. The van der Waals surface area contributed by atoms with Crippen LogP contribution in [0.15, 0.2) is 35.1 Å². The lowest BCUT2D eigenvalue weighted by Gasteiger charge is -2.06. The maximum Gasteiger partial charge on any atom is 0.182 e. The van der Waals surface area contributed by atoms with Crippen LogP contribution < -0.4 is 0 Å². The van der Waals surface area contributed by atoms with E-state index in [1.807, 2.05) is 25.1 Å². The molecule has 1 heterocycles. The van der Waals surface area contributed by atoms with Gasteiger partial charge in [0.05, 0.1) is 5.69 Å². The molecule has 72 valence electrons. The number of imidazole rings is 1. The molecule has 0 bridgehead atoms. The van der Waals surface area contributed by atoms with E-state index in [1.54, 1.807) is 0 Å². The van der Waals surface area contributed by atoms with Gasteiger partial charge in [-0.15, -0.1) is 0 Å². The van der Waals surface area contributed by atoms with E-state index in [1.165, 1.54) is 5.69 Å². The van der Waals surface area contributed by atoms with Crippen molar-refractivity contribution in [3.05, 3.63) is 46.5 Å². The molecule has 0 spiro atoms. The summed E-state index contributed by atoms with van der Waals surface area (Å²) in [5.74, 6) is 0. The summed E-state index contributed by atoms with van der Waals surface area (Å²) in [6.07, 6.45) is 0. The van der Waals surface area contributed by atoms with E-state index in [-0.39, 0.29) is 0 Å². The van der Waals surface area contributed by atoms with Gasteiger partial charge < -0.3 is 0 Å². The fourth-order valence-electron chi connectivity index (χ4n) is 1.45. The molecule has 2 nitrogen and oxygen atoms in total. The van der Waals surface area contributed by atoms with E-state index >= 15 is 0 Å². The summed E-state index contributed by atoms with van der Waals surface area (Å²) in [7, 11) is 0. The molecule has 0 N–H and O–H groups in total. The van der Waals surface area contributed by atoms with E-state index in [9.17, 15) is 0 Å². The van der Waals surface area contributed by atoms with Crippen LogP contribution in [0.25, 0.3) is 5.69 Å². The van der Waals surface area contributed by atoms with Gasteiger partial charge in [-0.05, 0) is 41.9 Å². The molecule has 2 aromatic rings. The Morgan fingerprint density at radius 3 is 2.29 bits per heavy atom. The number of aromatic nitrogens is 2. The average molecular weight is 251 g/mol. The van der Waals surface area contributed by atoms with Gasteiger partial charge >= 0.3 is 0 Å². The van der Waals surface area contributed by atoms with Gasteiger partial charge in [-0.3, -0.25) is 4.57 Å². The van der Waals surface area contributed by atoms with Gasteiger partial charge in [0.2, 0.25) is 0 Å². The Morgan fingerprint density at radius 1 is 1.14 bits per heavy atom. The normalized spacial score (nSPS) is 10.5. The van der Waals surface area contributed by atoms with Gasteiger partial charge in [0.1, 0.15) is 0 Å². The Bertz CT molecular complexity index is 446. The summed E-state index contributed by atoms with van der Waals surface area (Å²) in [6, 6.07) is 10.2. The standard InChI is InChI=1S/C11H11BrN2/c1-8-9(2)14(11(12)13-8)10-6-4-3-5-7-10/h3-7H,1-2H3. The first-order chi connectivity index (χ1) is 6.70. The Balaban J connectivity index is 2.62. The Morgan fingerprint density at radius 2 is 1.79 bits per heavy atom. The van der Waals surface area contributed by atoms with Crippen LogP contribution in [0.1, 0.15) is 11.4 Å². The Kier molecular flexibility index (Phi) is 2.42. The van der Waals surface area contributed by atoms with E-state index in [2.05, 4.69) is 44.5 Å². The van der Waals surface area contributed by atoms with Crippen molar-refractivity contribution >= 4 is 15.9 Å². The first-order valence-corrected chi connectivity index (χ1v) is 5.26. The molecule has 14 heavy (non-hydrogen) atoms. The molecule has 3 heteroatoms. The second-order valence-electron chi connectivity index (χ2n) is 3.22. The third kappa shape index (κ3) is 1.48. The van der Waals surface area contributed by atoms with Crippen LogP contribution in [0.4, 0.5) is 0 Å². The highest BCUT2D eigenvalue weighted by molar-refractivity contribution is 9.10. The number of benzene rings is 1. The van der Waals surface area contributed by atoms with Gasteiger partial charge in [-0.25, -0.2) is 4.98 Å². The first-order valence-electron chi connectivity index (χ1n) is 4.47. The second-order valence-corrected chi connectivity index (χ2v) is 3.93. The van der Waals surface area contributed by atoms with Crippen LogP contribution >= 0.6 is 15.9 Å². The first kappa shape index (κ1) is 9.46. The lowest BCUT2D eigenvalue weighted by Crippen LogP contribution is -1.96. The monoisotopic (exact) mass is 250 g/mol. The molecule has 0 saturated carbocycles. The Hall–Kier alpha value is -1.09. The summed E-state index contributed by atoms with van der Waals surface area (Å²) < 4.78 is 2.95. The molecule has 0 atom stereocenters. The summed E-state index contributed by atoms with van der Waals surface area (Å²) in [6.45, 7) is 4.08. The molecule has 0 aliphatic carbocycles. The quantitative estimate of drug-likeness (QED) is 0.760. The van der Waals surface area contributed by atoms with E-state index in [0.717, 1.165) is 16.1 Å². The third-order valence-electron chi connectivity index (χ3n) is 2.32. The van der Waals surface area contributed by atoms with Crippen molar-refractivity contribution in [1.29, 1.82) is 0 Å². The van der Waals surface area contributed by atoms with Gasteiger partial charge in [0.15, 0.2) is 4.73 Å². The minimum absolute atomic E-state index is 0.860. The highest BCUT2D eigenvalue weighted by Gasteiger charge is 2.09. The van der Waals surface area contributed by atoms with E-state index < -0.39 is 0 Å². The number of halogens is 1. The zero-order valence-electron chi connectivity index (χ0n) is 8.16. The maximum absolute atomic E-state index is 4.37. The molecule has 0 saturated heterocycles. The van der Waals surface area contributed by atoms with Crippen molar-refractivity contribution in [3.63, 3.8) is 0 Å². The second kappa shape index (κ2) is 3.58. The highest BCUT2D eigenvalue weighted by atomic mass is 79.9. The predicted octanol–water partition coefficient (Wildman–Crippen LogP) is 3.25. The maximum atomic E-state index is 4.37. The van der Waals surface area contributed by atoms with Crippen molar-refractivity contribution < 1.29 is 0 Å².